The van der Waals surface area contributed by atoms with Crippen LogP contribution in [0.25, 0.3) is 0 Å². The second-order valence-electron chi connectivity index (χ2n) is 8.95. The van der Waals surface area contributed by atoms with Crippen LogP contribution in [0.15, 0.2) is 83.8 Å². The van der Waals surface area contributed by atoms with Gasteiger partial charge in [-0.05, 0) is 74.4 Å². The number of anilines is 1. The van der Waals surface area contributed by atoms with E-state index in [0.29, 0.717) is 17.0 Å². The molecule has 38 heavy (non-hydrogen) atoms. The minimum Gasteiger partial charge on any atom is -0.352 e. The summed E-state index contributed by atoms with van der Waals surface area (Å²) < 4.78 is 41.7. The monoisotopic (exact) mass is 559 g/mol. The molecule has 0 aliphatic heterocycles. The number of benzene rings is 3. The average Bonchev–Trinajstić information content (AvgIpc) is 2.90. The Morgan fingerprint density at radius 3 is 2.24 bits per heavy atom. The first-order valence-corrected chi connectivity index (χ1v) is 14.0. The highest BCUT2D eigenvalue weighted by Gasteiger charge is 2.32. The van der Waals surface area contributed by atoms with Crippen LogP contribution in [-0.4, -0.2) is 43.8 Å². The highest BCUT2D eigenvalue weighted by molar-refractivity contribution is 7.92. The Morgan fingerprint density at radius 1 is 0.974 bits per heavy atom. The predicted octanol–water partition coefficient (Wildman–Crippen LogP) is 5.01. The Morgan fingerprint density at radius 2 is 1.63 bits per heavy atom. The minimum absolute atomic E-state index is 0.0354. The number of hydrogen-bond acceptors (Lipinski definition) is 4. The Labute approximate surface area is 228 Å². The van der Waals surface area contributed by atoms with Gasteiger partial charge >= 0.3 is 0 Å². The molecule has 0 saturated heterocycles. The Hall–Kier alpha value is -3.43. The molecule has 3 aromatic rings. The maximum Gasteiger partial charge on any atom is 0.264 e. The molecule has 0 aliphatic rings. The van der Waals surface area contributed by atoms with Crippen LogP contribution in [-0.2, 0) is 26.2 Å². The third-order valence-corrected chi connectivity index (χ3v) is 8.16. The lowest BCUT2D eigenvalue weighted by atomic mass is 10.1. The molecule has 0 unspecified atom stereocenters. The molecule has 0 heterocycles. The molecule has 2 amide bonds. The molecule has 0 saturated carbocycles. The summed E-state index contributed by atoms with van der Waals surface area (Å²) in [5, 5.41) is 3.35. The number of nitrogens with one attached hydrogen (secondary N) is 1. The van der Waals surface area contributed by atoms with Crippen molar-refractivity contribution in [3.8, 4) is 0 Å². The SMILES string of the molecule is CC[C@@H](C)NC(=O)[C@H](C)N(Cc1cccc(Cl)c1)C(=O)CN(c1ccccc1)S(=O)(=O)c1ccc(F)cc1. The van der Waals surface area contributed by atoms with Gasteiger partial charge in [0.1, 0.15) is 18.4 Å². The molecule has 7 nitrogen and oxygen atoms in total. The van der Waals surface area contributed by atoms with Gasteiger partial charge in [0.25, 0.3) is 10.0 Å². The number of amides is 2. The molecule has 3 rings (SSSR count). The van der Waals surface area contributed by atoms with Crippen molar-refractivity contribution < 1.29 is 22.4 Å². The second kappa shape index (κ2) is 12.9. The van der Waals surface area contributed by atoms with Crippen LogP contribution >= 0.6 is 11.6 Å². The minimum atomic E-state index is -4.25. The van der Waals surface area contributed by atoms with Crippen molar-refractivity contribution in [2.45, 2.75) is 50.7 Å². The molecule has 2 atom stereocenters. The van der Waals surface area contributed by atoms with E-state index in [2.05, 4.69) is 5.32 Å². The normalized spacial score (nSPS) is 12.9. The molecule has 0 fully saturated rings. The molecule has 1 N–H and O–H groups in total. The zero-order valence-electron chi connectivity index (χ0n) is 21.5. The molecule has 0 radical (unpaired) electrons. The fourth-order valence-electron chi connectivity index (χ4n) is 3.74. The van der Waals surface area contributed by atoms with Crippen LogP contribution in [0.2, 0.25) is 5.02 Å². The quantitative estimate of drug-likeness (QED) is 0.358. The van der Waals surface area contributed by atoms with Crippen molar-refractivity contribution in [2.75, 3.05) is 10.8 Å². The number of rotatable bonds is 11. The van der Waals surface area contributed by atoms with E-state index < -0.39 is 34.3 Å². The number of carbonyl (C=O) groups is 2. The number of sulfonamides is 1. The second-order valence-corrected chi connectivity index (χ2v) is 11.2. The third kappa shape index (κ3) is 7.33. The van der Waals surface area contributed by atoms with E-state index in [1.54, 1.807) is 61.5 Å². The summed E-state index contributed by atoms with van der Waals surface area (Å²) in [7, 11) is -4.25. The van der Waals surface area contributed by atoms with Gasteiger partial charge in [0.2, 0.25) is 11.8 Å². The lowest BCUT2D eigenvalue weighted by Gasteiger charge is -2.32. The molecule has 202 valence electrons. The number of para-hydroxylation sites is 1. The van der Waals surface area contributed by atoms with Crippen molar-refractivity contribution in [2.24, 2.45) is 0 Å². The number of nitrogens with zero attached hydrogens (tertiary/aromatic N) is 2. The van der Waals surface area contributed by atoms with Crippen molar-refractivity contribution in [3.05, 3.63) is 95.3 Å². The van der Waals surface area contributed by atoms with Crippen molar-refractivity contribution in [1.29, 1.82) is 0 Å². The molecule has 0 aliphatic carbocycles. The maximum atomic E-state index is 13.8. The fraction of sp³-hybridized carbons (Fsp3) is 0.286. The first-order chi connectivity index (χ1) is 18.0. The van der Waals surface area contributed by atoms with E-state index in [0.717, 1.165) is 28.6 Å². The van der Waals surface area contributed by atoms with Gasteiger partial charge in [0.05, 0.1) is 10.6 Å². The number of halogens is 2. The summed E-state index contributed by atoms with van der Waals surface area (Å²) in [5.41, 5.74) is 0.936. The van der Waals surface area contributed by atoms with Crippen LogP contribution < -0.4 is 9.62 Å². The first-order valence-electron chi connectivity index (χ1n) is 12.2. The first kappa shape index (κ1) is 29.1. The van der Waals surface area contributed by atoms with Crippen molar-refractivity contribution >= 4 is 39.1 Å². The van der Waals surface area contributed by atoms with E-state index >= 15 is 0 Å². The Balaban J connectivity index is 2.00. The van der Waals surface area contributed by atoms with Gasteiger partial charge in [-0.15, -0.1) is 0 Å². The Bertz CT molecular complexity index is 1350. The van der Waals surface area contributed by atoms with E-state index in [1.807, 2.05) is 13.8 Å². The molecule has 0 spiro atoms. The van der Waals surface area contributed by atoms with Gasteiger partial charge in [-0.25, -0.2) is 12.8 Å². The average molecular weight is 560 g/mol. The Kier molecular flexibility index (Phi) is 9.88. The molecule has 10 heteroatoms. The standard InChI is InChI=1S/C28H31ClFN3O4S/c1-4-20(2)31-28(35)21(3)32(18-22-9-8-10-23(29)17-22)27(34)19-33(25-11-6-5-7-12-25)38(36,37)26-15-13-24(30)14-16-26/h5-17,20-21H,4,18-19H2,1-3H3,(H,31,35)/t20-,21+/m1/s1. The summed E-state index contributed by atoms with van der Waals surface area (Å²) in [6.07, 6.45) is 0.707. The summed E-state index contributed by atoms with van der Waals surface area (Å²) in [6.45, 7) is 4.85. The highest BCUT2D eigenvalue weighted by Crippen LogP contribution is 2.25. The van der Waals surface area contributed by atoms with E-state index in [4.69, 9.17) is 11.6 Å². The zero-order chi connectivity index (χ0) is 27.9. The number of carbonyl (C=O) groups excluding carboxylic acids is 2. The molecular weight excluding hydrogens is 529 g/mol. The summed E-state index contributed by atoms with van der Waals surface area (Å²) in [4.78, 5) is 28.0. The highest BCUT2D eigenvalue weighted by atomic mass is 35.5. The molecular formula is C28H31ClFN3O4S. The third-order valence-electron chi connectivity index (χ3n) is 6.13. The van der Waals surface area contributed by atoms with E-state index in [1.165, 1.54) is 4.90 Å². The van der Waals surface area contributed by atoms with Gasteiger partial charge in [-0.1, -0.05) is 48.9 Å². The zero-order valence-corrected chi connectivity index (χ0v) is 23.0. The lowest BCUT2D eigenvalue weighted by Crippen LogP contribution is -2.52. The molecule has 0 aromatic heterocycles. The molecule has 0 bridgehead atoms. The predicted molar refractivity (Wildman–Crippen MR) is 147 cm³/mol. The van der Waals surface area contributed by atoms with Gasteiger partial charge in [0.15, 0.2) is 0 Å². The fourth-order valence-corrected chi connectivity index (χ4v) is 5.36. The van der Waals surface area contributed by atoms with Gasteiger partial charge in [-0.3, -0.25) is 13.9 Å². The van der Waals surface area contributed by atoms with Gasteiger partial charge < -0.3 is 10.2 Å². The number of hydrogen-bond donors (Lipinski definition) is 1. The van der Waals surface area contributed by atoms with Gasteiger partial charge in [0, 0.05) is 17.6 Å². The lowest BCUT2D eigenvalue weighted by molar-refractivity contribution is -0.139. The van der Waals surface area contributed by atoms with Crippen molar-refractivity contribution in [3.63, 3.8) is 0 Å². The molecule has 3 aromatic carbocycles. The van der Waals surface area contributed by atoms with E-state index in [9.17, 15) is 22.4 Å². The van der Waals surface area contributed by atoms with Crippen LogP contribution in [0.4, 0.5) is 10.1 Å². The summed E-state index contributed by atoms with van der Waals surface area (Å²) in [5.74, 6) is -1.53. The van der Waals surface area contributed by atoms with Crippen LogP contribution in [0, 0.1) is 5.82 Å². The largest absolute Gasteiger partial charge is 0.352 e. The van der Waals surface area contributed by atoms with Crippen molar-refractivity contribution in [1.82, 2.24) is 10.2 Å². The van der Waals surface area contributed by atoms with Gasteiger partial charge in [-0.2, -0.15) is 0 Å². The van der Waals surface area contributed by atoms with Crippen LogP contribution in [0.3, 0.4) is 0 Å². The van der Waals surface area contributed by atoms with Crippen LogP contribution in [0.1, 0.15) is 32.8 Å². The maximum absolute atomic E-state index is 13.8. The van der Waals surface area contributed by atoms with E-state index in [-0.39, 0.29) is 29.1 Å². The topological polar surface area (TPSA) is 86.8 Å². The summed E-state index contributed by atoms with van der Waals surface area (Å²) in [6, 6.07) is 18.4. The summed E-state index contributed by atoms with van der Waals surface area (Å²) >= 11 is 6.14. The van der Waals surface area contributed by atoms with Crippen LogP contribution in [0.5, 0.6) is 0 Å². The smallest absolute Gasteiger partial charge is 0.264 e.